The summed E-state index contributed by atoms with van der Waals surface area (Å²) >= 11 is 0. The van der Waals surface area contributed by atoms with Gasteiger partial charge in [0.15, 0.2) is 6.54 Å². The van der Waals surface area contributed by atoms with Gasteiger partial charge in [0.25, 0.3) is 5.91 Å². The number of carbonyl (C=O) groups excluding carboxylic acids is 2. The molecule has 0 spiro atoms. The van der Waals surface area contributed by atoms with Crippen molar-refractivity contribution in [3.8, 4) is 0 Å². The van der Waals surface area contributed by atoms with E-state index < -0.39 is 0 Å². The van der Waals surface area contributed by atoms with Crippen LogP contribution < -0.4 is 20.0 Å². The molecule has 0 saturated carbocycles. The highest BCUT2D eigenvalue weighted by Gasteiger charge is 2.22. The van der Waals surface area contributed by atoms with E-state index in [1.54, 1.807) is 4.90 Å². The molecule has 1 unspecified atom stereocenters. The molecular formula is C24H31N4O2+. The summed E-state index contributed by atoms with van der Waals surface area (Å²) in [6, 6.07) is 16.1. The Bertz CT molecular complexity index is 890. The van der Waals surface area contributed by atoms with Gasteiger partial charge in [0, 0.05) is 48.7 Å². The van der Waals surface area contributed by atoms with E-state index in [1.807, 2.05) is 24.3 Å². The summed E-state index contributed by atoms with van der Waals surface area (Å²) in [5, 5.41) is 2.98. The summed E-state index contributed by atoms with van der Waals surface area (Å²) < 4.78 is 0. The Kier molecular flexibility index (Phi) is 6.33. The molecule has 2 aliphatic heterocycles. The van der Waals surface area contributed by atoms with Crippen molar-refractivity contribution in [1.29, 1.82) is 0 Å². The van der Waals surface area contributed by atoms with E-state index in [0.717, 1.165) is 48.9 Å². The van der Waals surface area contributed by atoms with Crippen molar-refractivity contribution < 1.29 is 14.5 Å². The van der Waals surface area contributed by atoms with Gasteiger partial charge in [0.2, 0.25) is 5.91 Å². The van der Waals surface area contributed by atoms with E-state index in [4.69, 9.17) is 0 Å². The highest BCUT2D eigenvalue weighted by atomic mass is 16.2. The predicted molar refractivity (Wildman–Crippen MR) is 120 cm³/mol. The quantitative estimate of drug-likeness (QED) is 0.739. The van der Waals surface area contributed by atoms with E-state index in [9.17, 15) is 9.59 Å². The lowest BCUT2D eigenvalue weighted by atomic mass is 10.1. The van der Waals surface area contributed by atoms with Gasteiger partial charge in [-0.25, -0.2) is 0 Å². The molecule has 0 aromatic heterocycles. The van der Waals surface area contributed by atoms with Crippen LogP contribution in [0.25, 0.3) is 0 Å². The first kappa shape index (κ1) is 20.4. The van der Waals surface area contributed by atoms with E-state index >= 15 is 0 Å². The van der Waals surface area contributed by atoms with E-state index in [1.165, 1.54) is 24.1 Å². The molecule has 0 radical (unpaired) electrons. The van der Waals surface area contributed by atoms with Gasteiger partial charge in [-0.15, -0.1) is 0 Å². The second-order valence-corrected chi connectivity index (χ2v) is 8.38. The van der Waals surface area contributed by atoms with Crippen molar-refractivity contribution in [1.82, 2.24) is 0 Å². The molecule has 0 bridgehead atoms. The van der Waals surface area contributed by atoms with E-state index in [2.05, 4.69) is 41.5 Å². The molecule has 2 saturated heterocycles. The molecular weight excluding hydrogens is 376 g/mol. The minimum absolute atomic E-state index is 0.00356. The number of hydrogen-bond acceptors (Lipinski definition) is 3. The first-order chi connectivity index (χ1) is 14.6. The second kappa shape index (κ2) is 9.30. The molecule has 0 aliphatic carbocycles. The summed E-state index contributed by atoms with van der Waals surface area (Å²) in [5.74, 6) is 0.169. The van der Waals surface area contributed by atoms with Crippen molar-refractivity contribution in [3.63, 3.8) is 0 Å². The zero-order valence-electron chi connectivity index (χ0n) is 17.7. The Morgan fingerprint density at radius 3 is 2.43 bits per heavy atom. The Morgan fingerprint density at radius 2 is 1.73 bits per heavy atom. The summed E-state index contributed by atoms with van der Waals surface area (Å²) in [6.45, 7) is 4.24. The van der Waals surface area contributed by atoms with Gasteiger partial charge in [-0.05, 0) is 49.6 Å². The van der Waals surface area contributed by atoms with Crippen LogP contribution in [0.5, 0.6) is 0 Å². The average molecular weight is 408 g/mol. The van der Waals surface area contributed by atoms with Crippen molar-refractivity contribution in [3.05, 3.63) is 54.1 Å². The topological polar surface area (TPSA) is 57.1 Å². The number of para-hydroxylation sites is 1. The van der Waals surface area contributed by atoms with Gasteiger partial charge in [-0.1, -0.05) is 18.2 Å². The lowest BCUT2D eigenvalue weighted by molar-refractivity contribution is -0.885. The molecule has 6 nitrogen and oxygen atoms in total. The maximum atomic E-state index is 12.5. The number of benzene rings is 2. The number of rotatable bonds is 7. The largest absolute Gasteiger partial charge is 0.371 e. The van der Waals surface area contributed by atoms with Gasteiger partial charge in [-0.2, -0.15) is 0 Å². The van der Waals surface area contributed by atoms with Gasteiger partial charge >= 0.3 is 0 Å². The Hall–Kier alpha value is -2.86. The van der Waals surface area contributed by atoms with Gasteiger partial charge in [-0.3, -0.25) is 9.59 Å². The third-order valence-corrected chi connectivity index (χ3v) is 5.93. The van der Waals surface area contributed by atoms with E-state index in [0.29, 0.717) is 13.0 Å². The van der Waals surface area contributed by atoms with Crippen LogP contribution in [0.2, 0.25) is 0 Å². The molecule has 1 atom stereocenters. The minimum Gasteiger partial charge on any atom is -0.371 e. The van der Waals surface area contributed by atoms with Crippen LogP contribution >= 0.6 is 0 Å². The molecule has 4 rings (SSSR count). The van der Waals surface area contributed by atoms with Gasteiger partial charge in [0.1, 0.15) is 6.54 Å². The smallest absolute Gasteiger partial charge is 0.279 e. The third-order valence-electron chi connectivity index (χ3n) is 5.93. The van der Waals surface area contributed by atoms with Crippen LogP contribution in [0.15, 0.2) is 48.5 Å². The predicted octanol–water partition coefficient (Wildman–Crippen LogP) is 2.07. The number of anilines is 3. The van der Waals surface area contributed by atoms with Crippen molar-refractivity contribution in [2.75, 3.05) is 48.3 Å². The SMILES string of the molecule is C[NH+](CC(=O)Nc1ccc(N2CCCC2=O)cc1)Cc1ccccc1N1CCCC1. The summed E-state index contributed by atoms with van der Waals surface area (Å²) in [7, 11) is 2.06. The Balaban J connectivity index is 1.31. The molecule has 2 fully saturated rings. The Morgan fingerprint density at radius 1 is 1.00 bits per heavy atom. The maximum absolute atomic E-state index is 12.5. The van der Waals surface area contributed by atoms with Crippen LogP contribution in [0.1, 0.15) is 31.2 Å². The molecule has 2 aromatic carbocycles. The van der Waals surface area contributed by atoms with Crippen molar-refractivity contribution in [2.45, 2.75) is 32.2 Å². The number of likely N-dealkylation sites (N-methyl/N-ethyl adjacent to an activating group) is 1. The number of quaternary nitrogens is 1. The normalized spacial score (nSPS) is 17.4. The number of nitrogens with zero attached hydrogens (tertiary/aromatic N) is 2. The summed E-state index contributed by atoms with van der Waals surface area (Å²) in [4.78, 5) is 29.8. The minimum atomic E-state index is -0.00356. The maximum Gasteiger partial charge on any atom is 0.279 e. The number of hydrogen-bond donors (Lipinski definition) is 2. The lowest BCUT2D eigenvalue weighted by Crippen LogP contribution is -3.08. The molecule has 2 aromatic rings. The first-order valence-electron chi connectivity index (χ1n) is 10.9. The highest BCUT2D eigenvalue weighted by Crippen LogP contribution is 2.24. The van der Waals surface area contributed by atoms with Crippen LogP contribution in [0.4, 0.5) is 17.1 Å². The second-order valence-electron chi connectivity index (χ2n) is 8.38. The van der Waals surface area contributed by atoms with Crippen LogP contribution in [0.3, 0.4) is 0 Å². The standard InChI is InChI=1S/C24H30N4O2/c1-26(17-19-7-2-3-8-22(19)27-14-4-5-15-27)18-23(29)25-20-10-12-21(13-11-20)28-16-6-9-24(28)30/h2-3,7-8,10-13H,4-6,9,14-18H2,1H3,(H,25,29)/p+1. The van der Waals surface area contributed by atoms with Crippen molar-refractivity contribution in [2.24, 2.45) is 0 Å². The molecule has 2 aliphatic rings. The fraction of sp³-hybridized carbons (Fsp3) is 0.417. The average Bonchev–Trinajstić information content (AvgIpc) is 3.41. The monoisotopic (exact) mass is 407 g/mol. The summed E-state index contributed by atoms with van der Waals surface area (Å²) in [5.41, 5.74) is 4.27. The van der Waals surface area contributed by atoms with Crippen LogP contribution in [-0.4, -0.2) is 45.0 Å². The van der Waals surface area contributed by atoms with Crippen LogP contribution in [0, 0.1) is 0 Å². The zero-order valence-corrected chi connectivity index (χ0v) is 17.7. The molecule has 158 valence electrons. The van der Waals surface area contributed by atoms with Gasteiger partial charge in [0.05, 0.1) is 7.05 Å². The lowest BCUT2D eigenvalue weighted by Gasteiger charge is -2.23. The molecule has 2 heterocycles. The number of amides is 2. The number of carbonyl (C=O) groups is 2. The fourth-order valence-electron chi connectivity index (χ4n) is 4.44. The van der Waals surface area contributed by atoms with Crippen LogP contribution in [-0.2, 0) is 16.1 Å². The number of nitrogens with one attached hydrogen (secondary N) is 2. The fourth-order valence-corrected chi connectivity index (χ4v) is 4.44. The summed E-state index contributed by atoms with van der Waals surface area (Å²) in [6.07, 6.45) is 4.04. The molecule has 6 heteroatoms. The highest BCUT2D eigenvalue weighted by molar-refractivity contribution is 5.96. The molecule has 30 heavy (non-hydrogen) atoms. The van der Waals surface area contributed by atoms with Gasteiger partial charge < -0.3 is 20.0 Å². The molecule has 2 amide bonds. The zero-order chi connectivity index (χ0) is 20.9. The first-order valence-corrected chi connectivity index (χ1v) is 10.9. The third kappa shape index (κ3) is 4.82. The van der Waals surface area contributed by atoms with Crippen molar-refractivity contribution >= 4 is 28.9 Å². The Labute approximate surface area is 178 Å². The van der Waals surface area contributed by atoms with E-state index in [-0.39, 0.29) is 11.8 Å². The molecule has 2 N–H and O–H groups in total.